The summed E-state index contributed by atoms with van der Waals surface area (Å²) in [6.45, 7) is 16.8. The Bertz CT molecular complexity index is 891. The second kappa shape index (κ2) is 10.5. The Morgan fingerprint density at radius 2 is 1.88 bits per heavy atom. The van der Waals surface area contributed by atoms with Gasteiger partial charge in [-0.1, -0.05) is 49.8 Å². The molecule has 1 saturated heterocycles. The van der Waals surface area contributed by atoms with E-state index < -0.39 is 5.60 Å². The van der Waals surface area contributed by atoms with Gasteiger partial charge in [-0.2, -0.15) is 0 Å². The Labute approximate surface area is 206 Å². The predicted octanol–water partition coefficient (Wildman–Crippen LogP) is 4.42. The van der Waals surface area contributed by atoms with Gasteiger partial charge in [-0.3, -0.25) is 9.69 Å². The van der Waals surface area contributed by atoms with Crippen molar-refractivity contribution in [2.24, 2.45) is 23.7 Å². The molecule has 3 aliphatic rings. The SMILES string of the molecule is CC(=O)O[C@@H]1C[C@@]2(O)[C@H](C)CC[C@@H]([C@H](C)CN3CCN(Cc4cccc(C)c4)CC3)[C@H]2C=C1C. The van der Waals surface area contributed by atoms with Crippen LogP contribution in [0.1, 0.15) is 58.1 Å². The van der Waals surface area contributed by atoms with Crippen molar-refractivity contribution in [1.29, 1.82) is 0 Å². The van der Waals surface area contributed by atoms with E-state index in [-0.39, 0.29) is 23.9 Å². The number of carbonyl (C=O) groups excluding carboxylic acids is 1. The number of aryl methyl sites for hydroxylation is 1. The third kappa shape index (κ3) is 5.58. The molecule has 5 nitrogen and oxygen atoms in total. The van der Waals surface area contributed by atoms with Crippen LogP contribution >= 0.6 is 0 Å². The van der Waals surface area contributed by atoms with E-state index in [0.717, 1.165) is 57.7 Å². The molecule has 1 aromatic rings. The van der Waals surface area contributed by atoms with Gasteiger partial charge in [0.2, 0.25) is 0 Å². The first-order chi connectivity index (χ1) is 16.2. The molecule has 1 N–H and O–H groups in total. The lowest BCUT2D eigenvalue weighted by atomic mass is 9.57. The Morgan fingerprint density at radius 3 is 2.56 bits per heavy atom. The topological polar surface area (TPSA) is 53.0 Å². The Hall–Kier alpha value is -1.69. The minimum absolute atomic E-state index is 0.140. The van der Waals surface area contributed by atoms with Crippen LogP contribution in [0.15, 0.2) is 35.9 Å². The van der Waals surface area contributed by atoms with Crippen LogP contribution < -0.4 is 0 Å². The molecule has 1 heterocycles. The molecular formula is C29H44N2O3. The lowest BCUT2D eigenvalue weighted by Crippen LogP contribution is -2.56. The third-order valence-corrected chi connectivity index (χ3v) is 8.83. The summed E-state index contributed by atoms with van der Waals surface area (Å²) in [4.78, 5) is 16.8. The fourth-order valence-electron chi connectivity index (χ4n) is 6.74. The molecule has 0 amide bonds. The van der Waals surface area contributed by atoms with Gasteiger partial charge in [-0.15, -0.1) is 0 Å². The molecule has 0 unspecified atom stereocenters. The molecule has 2 aliphatic carbocycles. The van der Waals surface area contributed by atoms with Gasteiger partial charge in [0, 0.05) is 58.5 Å². The first-order valence-corrected chi connectivity index (χ1v) is 13.2. The summed E-state index contributed by atoms with van der Waals surface area (Å²) < 4.78 is 5.56. The molecule has 1 aromatic carbocycles. The molecule has 1 saturated carbocycles. The van der Waals surface area contributed by atoms with Crippen LogP contribution in [-0.4, -0.2) is 65.3 Å². The second-order valence-electron chi connectivity index (χ2n) is 11.4. The van der Waals surface area contributed by atoms with Crippen molar-refractivity contribution in [3.05, 3.63) is 47.0 Å². The van der Waals surface area contributed by atoms with Crippen molar-refractivity contribution in [1.82, 2.24) is 9.80 Å². The van der Waals surface area contributed by atoms with E-state index in [1.165, 1.54) is 18.1 Å². The van der Waals surface area contributed by atoms with Crippen molar-refractivity contribution in [2.75, 3.05) is 32.7 Å². The number of ether oxygens (including phenoxy) is 1. The predicted molar refractivity (Wildman–Crippen MR) is 136 cm³/mol. The lowest BCUT2D eigenvalue weighted by molar-refractivity contribution is -0.159. The van der Waals surface area contributed by atoms with E-state index >= 15 is 0 Å². The van der Waals surface area contributed by atoms with Crippen molar-refractivity contribution in [3.63, 3.8) is 0 Å². The summed E-state index contributed by atoms with van der Waals surface area (Å²) >= 11 is 0. The van der Waals surface area contributed by atoms with Crippen molar-refractivity contribution in [2.45, 2.75) is 72.1 Å². The minimum Gasteiger partial charge on any atom is -0.458 e. The van der Waals surface area contributed by atoms with Gasteiger partial charge in [-0.25, -0.2) is 0 Å². The van der Waals surface area contributed by atoms with Crippen molar-refractivity contribution >= 4 is 5.97 Å². The largest absolute Gasteiger partial charge is 0.458 e. The average molecular weight is 469 g/mol. The molecule has 6 atom stereocenters. The normalized spacial score (nSPS) is 33.6. The average Bonchev–Trinajstić information content (AvgIpc) is 2.77. The summed E-state index contributed by atoms with van der Waals surface area (Å²) in [5.41, 5.74) is 3.05. The Kier molecular flexibility index (Phi) is 7.85. The number of piperazine rings is 1. The van der Waals surface area contributed by atoms with Crippen molar-refractivity contribution in [3.8, 4) is 0 Å². The van der Waals surface area contributed by atoms with E-state index in [0.29, 0.717) is 18.3 Å². The monoisotopic (exact) mass is 468 g/mol. The summed E-state index contributed by atoms with van der Waals surface area (Å²) in [5, 5.41) is 11.8. The fraction of sp³-hybridized carbons (Fsp3) is 0.690. The standard InChI is InChI=1S/C29H44N2O3/c1-20-7-6-8-25(15-20)19-31-13-11-30(12-14-31)18-22(3)26-10-9-23(4)29(33)17-28(34-24(5)32)21(2)16-27(26)29/h6-8,15-16,22-23,26-28,33H,9-14,17-19H2,1-5H3/t22-,23-,26+,27-,28-,29-/m1/s1. The molecule has 0 radical (unpaired) electrons. The maximum Gasteiger partial charge on any atom is 0.303 e. The molecule has 5 heteroatoms. The number of esters is 1. The second-order valence-corrected chi connectivity index (χ2v) is 11.4. The highest BCUT2D eigenvalue weighted by Crippen LogP contribution is 2.51. The Balaban J connectivity index is 1.36. The van der Waals surface area contributed by atoms with E-state index in [1.807, 2.05) is 0 Å². The van der Waals surface area contributed by atoms with Crippen LogP contribution in [0.2, 0.25) is 0 Å². The van der Waals surface area contributed by atoms with Gasteiger partial charge in [0.25, 0.3) is 0 Å². The van der Waals surface area contributed by atoms with Gasteiger partial charge >= 0.3 is 5.97 Å². The van der Waals surface area contributed by atoms with Gasteiger partial charge < -0.3 is 14.7 Å². The Morgan fingerprint density at radius 1 is 1.18 bits per heavy atom. The molecular weight excluding hydrogens is 424 g/mol. The van der Waals surface area contributed by atoms with Crippen LogP contribution in [0.25, 0.3) is 0 Å². The van der Waals surface area contributed by atoms with Gasteiger partial charge in [0.05, 0.1) is 5.60 Å². The van der Waals surface area contributed by atoms with Crippen LogP contribution in [0, 0.1) is 30.6 Å². The summed E-state index contributed by atoms with van der Waals surface area (Å²) in [6.07, 6.45) is 4.67. The fourth-order valence-corrected chi connectivity index (χ4v) is 6.74. The number of rotatable bonds is 6. The summed E-state index contributed by atoms with van der Waals surface area (Å²) in [7, 11) is 0. The highest BCUT2D eigenvalue weighted by Gasteiger charge is 2.52. The summed E-state index contributed by atoms with van der Waals surface area (Å²) in [5.74, 6) is 1.06. The first-order valence-electron chi connectivity index (χ1n) is 13.2. The number of nitrogens with zero attached hydrogens (tertiary/aromatic N) is 2. The number of carbonyl (C=O) groups is 1. The molecule has 0 aromatic heterocycles. The maximum atomic E-state index is 11.8. The molecule has 34 heavy (non-hydrogen) atoms. The first kappa shape index (κ1) is 25.4. The lowest BCUT2D eigenvalue weighted by Gasteiger charge is -2.53. The number of hydrogen-bond donors (Lipinski definition) is 1. The molecule has 1 aliphatic heterocycles. The number of aliphatic hydroxyl groups is 1. The zero-order valence-corrected chi connectivity index (χ0v) is 21.8. The van der Waals surface area contributed by atoms with Crippen LogP contribution in [0.3, 0.4) is 0 Å². The third-order valence-electron chi connectivity index (χ3n) is 8.83. The highest BCUT2D eigenvalue weighted by atomic mass is 16.5. The highest BCUT2D eigenvalue weighted by molar-refractivity contribution is 5.66. The van der Waals surface area contributed by atoms with E-state index in [1.54, 1.807) is 0 Å². The molecule has 4 rings (SSSR count). The zero-order valence-electron chi connectivity index (χ0n) is 21.8. The molecule has 0 spiro atoms. The van der Waals surface area contributed by atoms with Crippen LogP contribution in [-0.2, 0) is 16.1 Å². The quantitative estimate of drug-likeness (QED) is 0.495. The number of benzene rings is 1. The van der Waals surface area contributed by atoms with E-state index in [2.05, 4.69) is 67.8 Å². The van der Waals surface area contributed by atoms with Gasteiger partial charge in [0.1, 0.15) is 6.10 Å². The van der Waals surface area contributed by atoms with Gasteiger partial charge in [0.15, 0.2) is 0 Å². The number of fused-ring (bicyclic) bond motifs is 1. The zero-order chi connectivity index (χ0) is 24.5. The maximum absolute atomic E-state index is 11.8. The van der Waals surface area contributed by atoms with E-state index in [9.17, 15) is 9.90 Å². The molecule has 2 fully saturated rings. The molecule has 0 bridgehead atoms. The van der Waals surface area contributed by atoms with Crippen LogP contribution in [0.4, 0.5) is 0 Å². The van der Waals surface area contributed by atoms with Crippen molar-refractivity contribution < 1.29 is 14.6 Å². The van der Waals surface area contributed by atoms with Gasteiger partial charge in [-0.05, 0) is 55.6 Å². The van der Waals surface area contributed by atoms with E-state index in [4.69, 9.17) is 4.74 Å². The smallest absolute Gasteiger partial charge is 0.303 e. The number of hydrogen-bond acceptors (Lipinski definition) is 5. The van der Waals surface area contributed by atoms with Crippen LogP contribution in [0.5, 0.6) is 0 Å². The minimum atomic E-state index is -0.788. The summed E-state index contributed by atoms with van der Waals surface area (Å²) in [6, 6.07) is 8.85. The molecule has 188 valence electrons.